The summed E-state index contributed by atoms with van der Waals surface area (Å²) in [5.41, 5.74) is 0.950. The number of thiophene rings is 1. The first-order valence-electron chi connectivity index (χ1n) is 9.36. The molecule has 140 valence electrons. The number of carbonyl (C=O) groups is 2. The van der Waals surface area contributed by atoms with Crippen molar-refractivity contribution in [3.8, 4) is 0 Å². The van der Waals surface area contributed by atoms with Gasteiger partial charge in [-0.1, -0.05) is 12.1 Å². The SMILES string of the molecule is O=C(/C=C/c1cccs1)N1CCC2(CCC(=O)N2Cc2cccnc2)CC1. The number of hydrogen-bond acceptors (Lipinski definition) is 4. The van der Waals surface area contributed by atoms with Crippen LogP contribution >= 0.6 is 11.3 Å². The van der Waals surface area contributed by atoms with Gasteiger partial charge in [-0.05, 0) is 48.4 Å². The van der Waals surface area contributed by atoms with Gasteiger partial charge in [0, 0.05) is 54.9 Å². The molecule has 2 amide bonds. The molecule has 0 bridgehead atoms. The van der Waals surface area contributed by atoms with Gasteiger partial charge in [-0.2, -0.15) is 0 Å². The van der Waals surface area contributed by atoms with Crippen LogP contribution in [0.15, 0.2) is 48.1 Å². The predicted octanol–water partition coefficient (Wildman–Crippen LogP) is 3.34. The molecule has 0 saturated carbocycles. The number of piperidine rings is 1. The number of hydrogen-bond donors (Lipinski definition) is 0. The van der Waals surface area contributed by atoms with E-state index in [0.29, 0.717) is 26.1 Å². The van der Waals surface area contributed by atoms with Crippen LogP contribution in [0.4, 0.5) is 0 Å². The summed E-state index contributed by atoms with van der Waals surface area (Å²) >= 11 is 1.62. The molecule has 0 atom stereocenters. The zero-order valence-electron chi connectivity index (χ0n) is 15.2. The van der Waals surface area contributed by atoms with Crippen LogP contribution in [0.25, 0.3) is 6.08 Å². The quantitative estimate of drug-likeness (QED) is 0.764. The van der Waals surface area contributed by atoms with Crippen molar-refractivity contribution >= 4 is 29.2 Å². The number of amides is 2. The number of pyridine rings is 1. The zero-order valence-corrected chi connectivity index (χ0v) is 16.0. The van der Waals surface area contributed by atoms with Crippen LogP contribution in [0.3, 0.4) is 0 Å². The Hall–Kier alpha value is -2.47. The maximum Gasteiger partial charge on any atom is 0.246 e. The van der Waals surface area contributed by atoms with Crippen molar-refractivity contribution in [2.24, 2.45) is 0 Å². The maximum absolute atomic E-state index is 12.5. The van der Waals surface area contributed by atoms with E-state index in [2.05, 4.69) is 4.98 Å². The number of likely N-dealkylation sites (tertiary alicyclic amines) is 2. The molecule has 0 aromatic carbocycles. The number of nitrogens with zero attached hydrogens (tertiary/aromatic N) is 3. The van der Waals surface area contributed by atoms with E-state index in [9.17, 15) is 9.59 Å². The second-order valence-electron chi connectivity index (χ2n) is 7.24. The molecule has 2 aliphatic rings. The van der Waals surface area contributed by atoms with E-state index in [1.165, 1.54) is 0 Å². The van der Waals surface area contributed by atoms with E-state index < -0.39 is 0 Å². The summed E-state index contributed by atoms with van der Waals surface area (Å²) in [4.78, 5) is 34.2. The molecular formula is C21H23N3O2S. The lowest BCUT2D eigenvalue weighted by Gasteiger charge is -2.44. The minimum Gasteiger partial charge on any atom is -0.339 e. The Morgan fingerprint density at radius 3 is 2.78 bits per heavy atom. The Morgan fingerprint density at radius 1 is 1.22 bits per heavy atom. The fraction of sp³-hybridized carbons (Fsp3) is 0.381. The molecule has 4 rings (SSSR count). The van der Waals surface area contributed by atoms with E-state index in [4.69, 9.17) is 0 Å². The highest BCUT2D eigenvalue weighted by Gasteiger charge is 2.47. The summed E-state index contributed by atoms with van der Waals surface area (Å²) in [5, 5.41) is 2.00. The van der Waals surface area contributed by atoms with Crippen LogP contribution in [-0.4, -0.2) is 45.2 Å². The lowest BCUT2D eigenvalue weighted by atomic mass is 9.84. The summed E-state index contributed by atoms with van der Waals surface area (Å²) in [6.07, 6.45) is 10.3. The smallest absolute Gasteiger partial charge is 0.246 e. The van der Waals surface area contributed by atoms with E-state index in [0.717, 1.165) is 29.7 Å². The summed E-state index contributed by atoms with van der Waals surface area (Å²) in [7, 11) is 0. The molecule has 2 saturated heterocycles. The van der Waals surface area contributed by atoms with Crippen molar-refractivity contribution in [1.29, 1.82) is 0 Å². The topological polar surface area (TPSA) is 53.5 Å². The van der Waals surface area contributed by atoms with Crippen LogP contribution < -0.4 is 0 Å². The molecule has 1 spiro atoms. The van der Waals surface area contributed by atoms with Crippen molar-refractivity contribution < 1.29 is 9.59 Å². The number of aromatic nitrogens is 1. The molecule has 0 aliphatic carbocycles. The fourth-order valence-electron chi connectivity index (χ4n) is 4.11. The molecule has 0 N–H and O–H groups in total. The summed E-state index contributed by atoms with van der Waals surface area (Å²) < 4.78 is 0. The van der Waals surface area contributed by atoms with Crippen LogP contribution in [-0.2, 0) is 16.1 Å². The molecule has 2 aliphatic heterocycles. The average Bonchev–Trinajstić information content (AvgIpc) is 3.32. The van der Waals surface area contributed by atoms with Gasteiger partial charge >= 0.3 is 0 Å². The third-order valence-corrected chi connectivity index (χ3v) is 6.52. The monoisotopic (exact) mass is 381 g/mol. The maximum atomic E-state index is 12.5. The predicted molar refractivity (Wildman–Crippen MR) is 106 cm³/mol. The molecule has 2 aromatic rings. The zero-order chi connectivity index (χ0) is 18.7. The summed E-state index contributed by atoms with van der Waals surface area (Å²) in [6, 6.07) is 7.90. The van der Waals surface area contributed by atoms with Gasteiger partial charge < -0.3 is 9.80 Å². The minimum absolute atomic E-state index is 0.0568. The molecule has 6 heteroatoms. The van der Waals surface area contributed by atoms with Gasteiger partial charge in [0.1, 0.15) is 0 Å². The average molecular weight is 382 g/mol. The van der Waals surface area contributed by atoms with Crippen molar-refractivity contribution in [2.45, 2.75) is 37.8 Å². The van der Waals surface area contributed by atoms with E-state index in [-0.39, 0.29) is 17.4 Å². The van der Waals surface area contributed by atoms with E-state index >= 15 is 0 Å². The van der Waals surface area contributed by atoms with Gasteiger partial charge in [0.25, 0.3) is 0 Å². The largest absolute Gasteiger partial charge is 0.339 e. The normalized spacial score (nSPS) is 19.3. The van der Waals surface area contributed by atoms with Gasteiger partial charge in [0.2, 0.25) is 11.8 Å². The molecule has 0 radical (unpaired) electrons. The second-order valence-corrected chi connectivity index (χ2v) is 8.22. The van der Waals surface area contributed by atoms with Crippen molar-refractivity contribution in [3.63, 3.8) is 0 Å². The molecule has 0 unspecified atom stereocenters. The Kier molecular flexibility index (Phi) is 5.07. The van der Waals surface area contributed by atoms with E-state index in [1.54, 1.807) is 23.6 Å². The molecular weight excluding hydrogens is 358 g/mol. The Balaban J connectivity index is 1.40. The summed E-state index contributed by atoms with van der Waals surface area (Å²) in [6.45, 7) is 2.01. The van der Waals surface area contributed by atoms with Gasteiger partial charge in [-0.3, -0.25) is 14.6 Å². The first-order chi connectivity index (χ1) is 13.2. The standard InChI is InChI=1S/C21H23N3O2S/c25-19(6-5-18-4-2-14-27-18)23-12-9-21(10-13-23)8-7-20(26)24(21)16-17-3-1-11-22-15-17/h1-6,11,14-15H,7-10,12-13,16H2/b6-5+. The van der Waals surface area contributed by atoms with Gasteiger partial charge in [-0.25, -0.2) is 0 Å². The van der Waals surface area contributed by atoms with Crippen LogP contribution in [0, 0.1) is 0 Å². The molecule has 4 heterocycles. The van der Waals surface area contributed by atoms with Crippen molar-refractivity contribution in [3.05, 3.63) is 58.6 Å². The second kappa shape index (κ2) is 7.64. The summed E-state index contributed by atoms with van der Waals surface area (Å²) in [5.74, 6) is 0.276. The van der Waals surface area contributed by atoms with Gasteiger partial charge in [0.05, 0.1) is 0 Å². The highest BCUT2D eigenvalue weighted by molar-refractivity contribution is 7.10. The third kappa shape index (κ3) is 3.81. The minimum atomic E-state index is -0.110. The number of carbonyl (C=O) groups excluding carboxylic acids is 2. The highest BCUT2D eigenvalue weighted by Crippen LogP contribution is 2.40. The van der Waals surface area contributed by atoms with Crippen LogP contribution in [0.2, 0.25) is 0 Å². The first-order valence-corrected chi connectivity index (χ1v) is 10.2. The molecule has 2 aromatic heterocycles. The van der Waals surface area contributed by atoms with Gasteiger partial charge in [0.15, 0.2) is 0 Å². The highest BCUT2D eigenvalue weighted by atomic mass is 32.1. The van der Waals surface area contributed by atoms with Crippen LogP contribution in [0.1, 0.15) is 36.1 Å². The molecule has 5 nitrogen and oxygen atoms in total. The first kappa shape index (κ1) is 17.9. The lowest BCUT2D eigenvalue weighted by molar-refractivity contribution is -0.135. The van der Waals surface area contributed by atoms with Crippen LogP contribution in [0.5, 0.6) is 0 Å². The van der Waals surface area contributed by atoms with Crippen molar-refractivity contribution in [1.82, 2.24) is 14.8 Å². The third-order valence-electron chi connectivity index (χ3n) is 5.68. The Morgan fingerprint density at radius 2 is 2.07 bits per heavy atom. The molecule has 2 fully saturated rings. The molecule has 27 heavy (non-hydrogen) atoms. The van der Waals surface area contributed by atoms with Crippen molar-refractivity contribution in [2.75, 3.05) is 13.1 Å². The Labute approximate surface area is 163 Å². The Bertz CT molecular complexity index is 824. The van der Waals surface area contributed by atoms with E-state index in [1.807, 2.05) is 51.7 Å². The number of rotatable bonds is 4. The fourth-order valence-corrected chi connectivity index (χ4v) is 4.73. The van der Waals surface area contributed by atoms with Gasteiger partial charge in [-0.15, -0.1) is 11.3 Å². The lowest BCUT2D eigenvalue weighted by Crippen LogP contribution is -2.53.